The van der Waals surface area contributed by atoms with Gasteiger partial charge < -0.3 is 4.90 Å². The highest BCUT2D eigenvalue weighted by Gasteiger charge is 2.11. The molecule has 0 unspecified atom stereocenters. The summed E-state index contributed by atoms with van der Waals surface area (Å²) in [5.41, 5.74) is 8.29. The number of nitrogens with zero attached hydrogens (tertiary/aromatic N) is 1. The predicted octanol–water partition coefficient (Wildman–Crippen LogP) is 8.23. The summed E-state index contributed by atoms with van der Waals surface area (Å²) in [6, 6.07) is 34.2. The number of anilines is 3. The first kappa shape index (κ1) is 20.1. The molecule has 0 saturated heterocycles. The number of hydrogen-bond donors (Lipinski definition) is 1. The molecule has 1 nitrogen and oxygen atoms in total. The Bertz CT molecular complexity index is 1080. The van der Waals surface area contributed by atoms with E-state index in [2.05, 4.69) is 128 Å². The van der Waals surface area contributed by atoms with Gasteiger partial charge in [0.1, 0.15) is 0 Å². The van der Waals surface area contributed by atoms with Crippen LogP contribution in [0.4, 0.5) is 17.1 Å². The van der Waals surface area contributed by atoms with Gasteiger partial charge in [0.2, 0.25) is 0 Å². The number of aryl methyl sites for hydroxylation is 2. The summed E-state index contributed by atoms with van der Waals surface area (Å²) in [7, 11) is 0. The molecule has 4 aromatic carbocycles. The SMILES string of the molecule is Cc1ccc(N(c2ccc(C)cc2)c2ccc(/C=C/c3ccc(S)cc3)cc2)cc1. The zero-order valence-corrected chi connectivity index (χ0v) is 18.2. The van der Waals surface area contributed by atoms with E-state index in [9.17, 15) is 0 Å². The van der Waals surface area contributed by atoms with Crippen LogP contribution in [0.3, 0.4) is 0 Å². The molecule has 0 N–H and O–H groups in total. The lowest BCUT2D eigenvalue weighted by Crippen LogP contribution is -2.09. The van der Waals surface area contributed by atoms with Crippen molar-refractivity contribution in [3.63, 3.8) is 0 Å². The minimum atomic E-state index is 0.976. The van der Waals surface area contributed by atoms with Gasteiger partial charge in [0, 0.05) is 22.0 Å². The van der Waals surface area contributed by atoms with Crippen molar-refractivity contribution in [3.8, 4) is 0 Å². The molecule has 0 aromatic heterocycles. The van der Waals surface area contributed by atoms with E-state index in [-0.39, 0.29) is 0 Å². The van der Waals surface area contributed by atoms with Crippen molar-refractivity contribution in [3.05, 3.63) is 119 Å². The van der Waals surface area contributed by atoms with Crippen LogP contribution in [0.1, 0.15) is 22.3 Å². The molecule has 0 heterocycles. The van der Waals surface area contributed by atoms with Crippen LogP contribution >= 0.6 is 12.6 Å². The first-order chi connectivity index (χ1) is 14.6. The highest BCUT2D eigenvalue weighted by molar-refractivity contribution is 7.80. The minimum absolute atomic E-state index is 0.976. The van der Waals surface area contributed by atoms with Gasteiger partial charge in [0.25, 0.3) is 0 Å². The monoisotopic (exact) mass is 407 g/mol. The van der Waals surface area contributed by atoms with Gasteiger partial charge in [-0.15, -0.1) is 12.6 Å². The van der Waals surface area contributed by atoms with Gasteiger partial charge in [-0.2, -0.15) is 0 Å². The van der Waals surface area contributed by atoms with Crippen molar-refractivity contribution in [1.82, 2.24) is 0 Å². The van der Waals surface area contributed by atoms with Crippen LogP contribution in [0.5, 0.6) is 0 Å². The fraction of sp³-hybridized carbons (Fsp3) is 0.0714. The minimum Gasteiger partial charge on any atom is -0.311 e. The van der Waals surface area contributed by atoms with Crippen LogP contribution in [0.2, 0.25) is 0 Å². The molecule has 0 atom stereocenters. The van der Waals surface area contributed by atoms with Crippen LogP contribution in [0.25, 0.3) is 12.2 Å². The van der Waals surface area contributed by atoms with E-state index in [0.29, 0.717) is 0 Å². The zero-order valence-electron chi connectivity index (χ0n) is 17.3. The van der Waals surface area contributed by atoms with Crippen molar-refractivity contribution in [2.45, 2.75) is 18.7 Å². The quantitative estimate of drug-likeness (QED) is 0.257. The smallest absolute Gasteiger partial charge is 0.0462 e. The summed E-state index contributed by atoms with van der Waals surface area (Å²) in [4.78, 5) is 3.27. The third-order valence-electron chi connectivity index (χ3n) is 5.10. The Morgan fingerprint density at radius 3 is 1.23 bits per heavy atom. The van der Waals surface area contributed by atoms with E-state index in [0.717, 1.165) is 27.5 Å². The molecule has 0 aliphatic rings. The maximum atomic E-state index is 4.34. The molecule has 0 saturated carbocycles. The van der Waals surface area contributed by atoms with Gasteiger partial charge in [-0.3, -0.25) is 0 Å². The van der Waals surface area contributed by atoms with Crippen molar-refractivity contribution >= 4 is 41.8 Å². The molecule has 0 radical (unpaired) electrons. The van der Waals surface area contributed by atoms with Crippen LogP contribution in [-0.2, 0) is 0 Å². The first-order valence-electron chi connectivity index (χ1n) is 10.1. The van der Waals surface area contributed by atoms with E-state index in [1.165, 1.54) is 16.7 Å². The average Bonchev–Trinajstić information content (AvgIpc) is 2.77. The summed E-state index contributed by atoms with van der Waals surface area (Å²) in [5.74, 6) is 0. The number of benzene rings is 4. The molecule has 148 valence electrons. The lowest BCUT2D eigenvalue weighted by molar-refractivity contribution is 1.27. The Labute approximate surface area is 184 Å². The largest absolute Gasteiger partial charge is 0.311 e. The lowest BCUT2D eigenvalue weighted by atomic mass is 10.1. The van der Waals surface area contributed by atoms with Gasteiger partial charge in [-0.05, 0) is 73.5 Å². The highest BCUT2D eigenvalue weighted by Crippen LogP contribution is 2.34. The molecule has 0 spiro atoms. The fourth-order valence-corrected chi connectivity index (χ4v) is 3.50. The Hall–Kier alpha value is -3.23. The van der Waals surface area contributed by atoms with Gasteiger partial charge in [0.15, 0.2) is 0 Å². The second-order valence-corrected chi connectivity index (χ2v) is 8.04. The van der Waals surface area contributed by atoms with Gasteiger partial charge >= 0.3 is 0 Å². The highest BCUT2D eigenvalue weighted by atomic mass is 32.1. The van der Waals surface area contributed by atoms with E-state index in [1.54, 1.807) is 0 Å². The molecule has 30 heavy (non-hydrogen) atoms. The van der Waals surface area contributed by atoms with Gasteiger partial charge in [-0.1, -0.05) is 71.8 Å². The summed E-state index contributed by atoms with van der Waals surface area (Å²) < 4.78 is 0. The third-order valence-corrected chi connectivity index (χ3v) is 5.40. The van der Waals surface area contributed by atoms with E-state index in [1.807, 2.05) is 12.1 Å². The van der Waals surface area contributed by atoms with Crippen molar-refractivity contribution in [2.24, 2.45) is 0 Å². The van der Waals surface area contributed by atoms with Crippen molar-refractivity contribution < 1.29 is 0 Å². The molecular weight excluding hydrogens is 382 g/mol. The molecule has 0 aliphatic heterocycles. The normalized spacial score (nSPS) is 11.0. The molecule has 0 bridgehead atoms. The summed E-state index contributed by atoms with van der Waals surface area (Å²) >= 11 is 4.34. The molecule has 0 amide bonds. The van der Waals surface area contributed by atoms with E-state index >= 15 is 0 Å². The Balaban J connectivity index is 1.64. The lowest BCUT2D eigenvalue weighted by Gasteiger charge is -2.25. The number of hydrogen-bond acceptors (Lipinski definition) is 2. The Morgan fingerprint density at radius 1 is 0.500 bits per heavy atom. The molecule has 0 fully saturated rings. The van der Waals surface area contributed by atoms with Gasteiger partial charge in [0.05, 0.1) is 0 Å². The van der Waals surface area contributed by atoms with Gasteiger partial charge in [-0.25, -0.2) is 0 Å². The topological polar surface area (TPSA) is 3.24 Å². The summed E-state index contributed by atoms with van der Waals surface area (Å²) in [6.07, 6.45) is 4.26. The maximum Gasteiger partial charge on any atom is 0.0462 e. The summed E-state index contributed by atoms with van der Waals surface area (Å²) in [6.45, 7) is 4.23. The summed E-state index contributed by atoms with van der Waals surface area (Å²) in [5, 5.41) is 0. The van der Waals surface area contributed by atoms with E-state index in [4.69, 9.17) is 0 Å². The van der Waals surface area contributed by atoms with Crippen molar-refractivity contribution in [1.29, 1.82) is 0 Å². The predicted molar refractivity (Wildman–Crippen MR) is 133 cm³/mol. The second kappa shape index (κ2) is 9.06. The Kier molecular flexibility index (Phi) is 6.06. The number of rotatable bonds is 5. The standard InChI is InChI=1S/C28H25NS/c1-21-3-13-25(14-4-21)29(26-15-5-22(2)6-16-26)27-17-9-23(10-18-27)7-8-24-11-19-28(30)20-12-24/h3-20,30H,1-2H3/b8-7+. The van der Waals surface area contributed by atoms with Crippen LogP contribution in [0, 0.1) is 13.8 Å². The van der Waals surface area contributed by atoms with Crippen LogP contribution < -0.4 is 4.90 Å². The molecular formula is C28H25NS. The second-order valence-electron chi connectivity index (χ2n) is 7.52. The Morgan fingerprint density at radius 2 is 0.833 bits per heavy atom. The zero-order chi connectivity index (χ0) is 20.9. The number of thiol groups is 1. The average molecular weight is 408 g/mol. The first-order valence-corrected chi connectivity index (χ1v) is 10.5. The third kappa shape index (κ3) is 4.84. The molecule has 4 aromatic rings. The van der Waals surface area contributed by atoms with Crippen molar-refractivity contribution in [2.75, 3.05) is 4.90 Å². The van der Waals surface area contributed by atoms with Crippen LogP contribution in [-0.4, -0.2) is 0 Å². The fourth-order valence-electron chi connectivity index (χ4n) is 3.35. The van der Waals surface area contributed by atoms with Crippen LogP contribution in [0.15, 0.2) is 102 Å². The van der Waals surface area contributed by atoms with E-state index < -0.39 is 0 Å². The molecule has 2 heteroatoms. The molecule has 4 rings (SSSR count). The molecule has 0 aliphatic carbocycles. The maximum absolute atomic E-state index is 4.34.